The van der Waals surface area contributed by atoms with Crippen LogP contribution >= 0.6 is 0 Å². The molecule has 0 radical (unpaired) electrons. The van der Waals surface area contributed by atoms with E-state index < -0.39 is 0 Å². The number of aryl methyl sites for hydroxylation is 1. The van der Waals surface area contributed by atoms with E-state index in [2.05, 4.69) is 27.4 Å². The van der Waals surface area contributed by atoms with Crippen molar-refractivity contribution in [2.75, 3.05) is 23.3 Å². The average molecular weight is 349 g/mol. The van der Waals surface area contributed by atoms with Crippen LogP contribution in [0.2, 0.25) is 0 Å². The van der Waals surface area contributed by atoms with Crippen LogP contribution in [0.1, 0.15) is 29.6 Å². The van der Waals surface area contributed by atoms with Crippen molar-refractivity contribution in [3.63, 3.8) is 0 Å². The molecule has 26 heavy (non-hydrogen) atoms. The van der Waals surface area contributed by atoms with Gasteiger partial charge in [-0.2, -0.15) is 5.10 Å². The molecular weight excluding hydrogens is 326 g/mol. The second-order valence-corrected chi connectivity index (χ2v) is 6.64. The number of carbonyl (C=O) groups is 1. The van der Waals surface area contributed by atoms with Crippen molar-refractivity contribution in [2.24, 2.45) is 7.05 Å². The number of nitrogens with one attached hydrogen (secondary N) is 1. The zero-order valence-electron chi connectivity index (χ0n) is 14.9. The molecule has 1 saturated heterocycles. The van der Waals surface area contributed by atoms with Gasteiger partial charge in [-0.15, -0.1) is 0 Å². The highest BCUT2D eigenvalue weighted by Crippen LogP contribution is 2.22. The summed E-state index contributed by atoms with van der Waals surface area (Å²) in [4.78, 5) is 15.1. The molecule has 3 aromatic rings. The summed E-state index contributed by atoms with van der Waals surface area (Å²) in [6.45, 7) is 2.23. The highest BCUT2D eigenvalue weighted by molar-refractivity contribution is 6.06. The number of aromatic nitrogens is 3. The summed E-state index contributed by atoms with van der Waals surface area (Å²) in [5.41, 5.74) is 2.55. The summed E-state index contributed by atoms with van der Waals surface area (Å²) >= 11 is 0. The first-order valence-electron chi connectivity index (χ1n) is 9.04. The van der Waals surface area contributed by atoms with Crippen LogP contribution in [0.5, 0.6) is 0 Å². The van der Waals surface area contributed by atoms with Gasteiger partial charge in [0, 0.05) is 43.9 Å². The fraction of sp³-hybridized carbons (Fsp3) is 0.300. The Morgan fingerprint density at radius 2 is 1.73 bits per heavy atom. The minimum absolute atomic E-state index is 0.160. The molecule has 1 N–H and O–H groups in total. The molecule has 0 aliphatic carbocycles. The van der Waals surface area contributed by atoms with Gasteiger partial charge in [-0.3, -0.25) is 9.48 Å². The summed E-state index contributed by atoms with van der Waals surface area (Å²) in [6, 6.07) is 11.9. The van der Waals surface area contributed by atoms with Gasteiger partial charge in [-0.25, -0.2) is 0 Å². The van der Waals surface area contributed by atoms with Crippen molar-refractivity contribution in [1.29, 1.82) is 0 Å². The second-order valence-electron chi connectivity index (χ2n) is 6.64. The molecule has 1 aromatic carbocycles. The molecule has 1 amide bonds. The lowest BCUT2D eigenvalue weighted by molar-refractivity contribution is 0.102. The Morgan fingerprint density at radius 1 is 1.04 bits per heavy atom. The van der Waals surface area contributed by atoms with E-state index in [4.69, 9.17) is 0 Å². The maximum Gasteiger partial charge on any atom is 0.261 e. The van der Waals surface area contributed by atoms with Gasteiger partial charge in [-0.05, 0) is 55.7 Å². The van der Waals surface area contributed by atoms with Gasteiger partial charge >= 0.3 is 0 Å². The van der Waals surface area contributed by atoms with Gasteiger partial charge in [-0.1, -0.05) is 0 Å². The zero-order chi connectivity index (χ0) is 17.9. The number of hydrogen-bond donors (Lipinski definition) is 1. The van der Waals surface area contributed by atoms with Crippen molar-refractivity contribution < 1.29 is 4.79 Å². The van der Waals surface area contributed by atoms with Crippen LogP contribution in [0.3, 0.4) is 0 Å². The third kappa shape index (κ3) is 3.22. The van der Waals surface area contributed by atoms with E-state index in [1.54, 1.807) is 10.9 Å². The predicted octanol–water partition coefficient (Wildman–Crippen LogP) is 3.45. The van der Waals surface area contributed by atoms with Crippen LogP contribution in [-0.2, 0) is 7.05 Å². The molecule has 3 heterocycles. The van der Waals surface area contributed by atoms with Crippen LogP contribution in [0, 0.1) is 0 Å². The normalized spacial score (nSPS) is 14.4. The lowest BCUT2D eigenvalue weighted by Crippen LogP contribution is -2.29. The summed E-state index contributed by atoms with van der Waals surface area (Å²) in [6.07, 6.45) is 9.23. The summed E-state index contributed by atoms with van der Waals surface area (Å²) in [5.74, 6) is 0.588. The fourth-order valence-electron chi connectivity index (χ4n) is 3.48. The number of rotatable bonds is 4. The molecule has 0 atom stereocenters. The molecule has 1 aliphatic rings. The van der Waals surface area contributed by atoms with E-state index in [1.165, 1.54) is 24.9 Å². The molecule has 1 fully saturated rings. The quantitative estimate of drug-likeness (QED) is 0.785. The Bertz CT molecular complexity index is 874. The topological polar surface area (TPSA) is 55.1 Å². The van der Waals surface area contributed by atoms with Gasteiger partial charge in [0.15, 0.2) is 0 Å². The Balaban J connectivity index is 1.50. The van der Waals surface area contributed by atoms with Crippen molar-refractivity contribution in [3.05, 3.63) is 60.6 Å². The number of piperidine rings is 1. The molecule has 134 valence electrons. The maximum absolute atomic E-state index is 12.7. The molecule has 0 saturated carbocycles. The second kappa shape index (κ2) is 7.07. The number of amides is 1. The SMILES string of the molecule is Cn1ncc(C(=O)Nc2ccc(N3CCCCC3)cc2)c1-n1cccc1. The molecule has 0 spiro atoms. The van der Waals surface area contributed by atoms with Crippen molar-refractivity contribution in [2.45, 2.75) is 19.3 Å². The Morgan fingerprint density at radius 3 is 2.42 bits per heavy atom. The van der Waals surface area contributed by atoms with Gasteiger partial charge in [0.1, 0.15) is 11.4 Å². The number of anilines is 2. The molecule has 6 heteroatoms. The van der Waals surface area contributed by atoms with Crippen LogP contribution in [0.15, 0.2) is 55.0 Å². The first kappa shape index (κ1) is 16.4. The van der Waals surface area contributed by atoms with Crippen molar-refractivity contribution >= 4 is 17.3 Å². The lowest BCUT2D eigenvalue weighted by atomic mass is 10.1. The monoisotopic (exact) mass is 349 g/mol. The van der Waals surface area contributed by atoms with Gasteiger partial charge in [0.05, 0.1) is 6.20 Å². The highest BCUT2D eigenvalue weighted by atomic mass is 16.1. The largest absolute Gasteiger partial charge is 0.372 e. The third-order valence-electron chi connectivity index (χ3n) is 4.85. The first-order valence-corrected chi connectivity index (χ1v) is 9.04. The zero-order valence-corrected chi connectivity index (χ0v) is 14.9. The molecule has 0 bridgehead atoms. The Hall–Kier alpha value is -3.02. The third-order valence-corrected chi connectivity index (χ3v) is 4.85. The van der Waals surface area contributed by atoms with Crippen LogP contribution in [0.4, 0.5) is 11.4 Å². The maximum atomic E-state index is 12.7. The molecule has 0 unspecified atom stereocenters. The molecule has 1 aliphatic heterocycles. The van der Waals surface area contributed by atoms with Crippen molar-refractivity contribution in [1.82, 2.24) is 14.3 Å². The predicted molar refractivity (Wildman–Crippen MR) is 103 cm³/mol. The van der Waals surface area contributed by atoms with Gasteiger partial charge in [0.2, 0.25) is 0 Å². The number of carbonyl (C=O) groups excluding carboxylic acids is 1. The summed E-state index contributed by atoms with van der Waals surface area (Å²) < 4.78 is 3.59. The standard InChI is InChI=1S/C20H23N5O/c1-23-20(25-13-5-6-14-25)18(15-21-23)19(26)22-16-7-9-17(10-8-16)24-11-3-2-4-12-24/h5-10,13-15H,2-4,11-12H2,1H3,(H,22,26). The van der Waals surface area contributed by atoms with Crippen LogP contribution < -0.4 is 10.2 Å². The van der Waals surface area contributed by atoms with E-state index in [0.717, 1.165) is 24.6 Å². The van der Waals surface area contributed by atoms with E-state index in [0.29, 0.717) is 5.56 Å². The first-order chi connectivity index (χ1) is 12.7. The van der Waals surface area contributed by atoms with Gasteiger partial charge < -0.3 is 14.8 Å². The Kier molecular flexibility index (Phi) is 4.48. The summed E-state index contributed by atoms with van der Waals surface area (Å²) in [5, 5.41) is 7.22. The lowest BCUT2D eigenvalue weighted by Gasteiger charge is -2.28. The molecule has 4 rings (SSSR count). The fourth-order valence-corrected chi connectivity index (χ4v) is 3.48. The summed E-state index contributed by atoms with van der Waals surface area (Å²) in [7, 11) is 1.83. The van der Waals surface area contributed by atoms with E-state index in [-0.39, 0.29) is 5.91 Å². The van der Waals surface area contributed by atoms with E-state index >= 15 is 0 Å². The average Bonchev–Trinajstić information content (AvgIpc) is 3.32. The van der Waals surface area contributed by atoms with E-state index in [1.807, 2.05) is 48.3 Å². The number of nitrogens with zero attached hydrogens (tertiary/aromatic N) is 4. The number of hydrogen-bond acceptors (Lipinski definition) is 3. The minimum atomic E-state index is -0.160. The highest BCUT2D eigenvalue weighted by Gasteiger charge is 2.18. The Labute approximate surface area is 153 Å². The van der Waals surface area contributed by atoms with Gasteiger partial charge in [0.25, 0.3) is 5.91 Å². The molecule has 6 nitrogen and oxygen atoms in total. The smallest absolute Gasteiger partial charge is 0.261 e. The minimum Gasteiger partial charge on any atom is -0.372 e. The van der Waals surface area contributed by atoms with Crippen molar-refractivity contribution in [3.8, 4) is 5.82 Å². The van der Waals surface area contributed by atoms with Crippen LogP contribution in [0.25, 0.3) is 5.82 Å². The number of benzene rings is 1. The molecular formula is C20H23N5O. The van der Waals surface area contributed by atoms with Crippen LogP contribution in [-0.4, -0.2) is 33.3 Å². The van der Waals surface area contributed by atoms with E-state index in [9.17, 15) is 4.79 Å². The molecule has 2 aromatic heterocycles.